The van der Waals surface area contributed by atoms with Crippen LogP contribution in [0, 0.1) is 18.3 Å². The lowest BCUT2D eigenvalue weighted by atomic mass is 9.64. The summed E-state index contributed by atoms with van der Waals surface area (Å²) < 4.78 is 0. The quantitative estimate of drug-likeness (QED) is 0.781. The molecule has 1 N–H and O–H groups in total. The van der Waals surface area contributed by atoms with Crippen LogP contribution in [-0.2, 0) is 4.79 Å². The summed E-state index contributed by atoms with van der Waals surface area (Å²) in [7, 11) is 0. The summed E-state index contributed by atoms with van der Waals surface area (Å²) in [4.78, 5) is 12.0. The molecule has 104 valence electrons. The molecule has 0 heterocycles. The van der Waals surface area contributed by atoms with Crippen molar-refractivity contribution in [2.45, 2.75) is 44.4 Å². The number of carboxylic acids is 1. The van der Waals surface area contributed by atoms with Gasteiger partial charge in [0.05, 0.1) is 5.92 Å². The minimum absolute atomic E-state index is 0.0831. The summed E-state index contributed by atoms with van der Waals surface area (Å²) >= 11 is 0. The minimum Gasteiger partial charge on any atom is -0.481 e. The van der Waals surface area contributed by atoms with Crippen LogP contribution in [0.25, 0.3) is 0 Å². The van der Waals surface area contributed by atoms with Crippen LogP contribution >= 0.6 is 0 Å². The number of carboxylic acid groups (broad SMARTS) is 1. The smallest absolute Gasteiger partial charge is 0.311 e. The first kappa shape index (κ1) is 12.2. The summed E-state index contributed by atoms with van der Waals surface area (Å²) in [6.07, 6.45) is 4.25. The molecule has 3 aliphatic carbocycles. The minimum atomic E-state index is -0.640. The maximum Gasteiger partial charge on any atom is 0.311 e. The van der Waals surface area contributed by atoms with Crippen molar-refractivity contribution < 1.29 is 9.90 Å². The Morgan fingerprint density at radius 1 is 1.40 bits per heavy atom. The van der Waals surface area contributed by atoms with Gasteiger partial charge in [0.1, 0.15) is 0 Å². The molecule has 1 aromatic carbocycles. The van der Waals surface area contributed by atoms with Gasteiger partial charge in [0.15, 0.2) is 0 Å². The molecule has 2 bridgehead atoms. The van der Waals surface area contributed by atoms with E-state index < -0.39 is 5.97 Å². The third-order valence-corrected chi connectivity index (χ3v) is 6.10. The van der Waals surface area contributed by atoms with E-state index in [-0.39, 0.29) is 11.3 Å². The van der Waals surface area contributed by atoms with Gasteiger partial charge in [-0.1, -0.05) is 30.4 Å². The third-order valence-electron chi connectivity index (χ3n) is 6.10. The molecule has 3 aliphatic rings. The zero-order valence-corrected chi connectivity index (χ0v) is 11.9. The Morgan fingerprint density at radius 2 is 2.20 bits per heavy atom. The Morgan fingerprint density at radius 3 is 2.95 bits per heavy atom. The standard InChI is InChI=1S/C18H20O2/c1-10-4-3-5-13-14-7-6-12-9-18(14,8-11(12)2)16(15(10)13)17(19)20/h3-5,12,14,16H,2,6-9H2,1H3,(H,19,20). The molecular formula is C18H20O2. The number of aliphatic carboxylic acids is 1. The van der Waals surface area contributed by atoms with E-state index in [2.05, 4.69) is 31.7 Å². The maximum absolute atomic E-state index is 12.0. The van der Waals surface area contributed by atoms with E-state index >= 15 is 0 Å². The monoisotopic (exact) mass is 268 g/mol. The van der Waals surface area contributed by atoms with Gasteiger partial charge in [-0.25, -0.2) is 0 Å². The largest absolute Gasteiger partial charge is 0.481 e. The van der Waals surface area contributed by atoms with E-state index in [1.54, 1.807) is 0 Å². The normalized spacial score (nSPS) is 37.6. The molecule has 0 radical (unpaired) electrons. The van der Waals surface area contributed by atoms with E-state index in [4.69, 9.17) is 0 Å². The molecule has 4 unspecified atom stereocenters. The van der Waals surface area contributed by atoms with Gasteiger partial charge in [0.2, 0.25) is 0 Å². The fourth-order valence-corrected chi connectivity index (χ4v) is 5.41. The Kier molecular flexibility index (Phi) is 2.28. The Balaban J connectivity index is 1.97. The fraction of sp³-hybridized carbons (Fsp3) is 0.500. The molecular weight excluding hydrogens is 248 g/mol. The van der Waals surface area contributed by atoms with Crippen molar-refractivity contribution >= 4 is 5.97 Å². The molecule has 4 atom stereocenters. The molecule has 0 saturated heterocycles. The predicted octanol–water partition coefficient (Wildman–Crippen LogP) is 4.01. The van der Waals surface area contributed by atoms with Crippen LogP contribution in [0.4, 0.5) is 0 Å². The zero-order chi connectivity index (χ0) is 14.1. The van der Waals surface area contributed by atoms with Crippen LogP contribution in [0.1, 0.15) is 54.2 Å². The van der Waals surface area contributed by atoms with E-state index in [9.17, 15) is 9.90 Å². The van der Waals surface area contributed by atoms with Crippen LogP contribution < -0.4 is 0 Å². The van der Waals surface area contributed by atoms with Crippen molar-refractivity contribution in [3.8, 4) is 0 Å². The van der Waals surface area contributed by atoms with Crippen molar-refractivity contribution in [2.24, 2.45) is 11.3 Å². The molecule has 0 aromatic heterocycles. The van der Waals surface area contributed by atoms with Crippen molar-refractivity contribution in [3.05, 3.63) is 47.0 Å². The zero-order valence-electron chi connectivity index (χ0n) is 11.9. The average molecular weight is 268 g/mol. The number of fused-ring (bicyclic) bond motifs is 3. The average Bonchev–Trinajstić information content (AvgIpc) is 2.82. The van der Waals surface area contributed by atoms with Crippen LogP contribution in [0.15, 0.2) is 30.4 Å². The van der Waals surface area contributed by atoms with Gasteiger partial charge in [-0.05, 0) is 66.5 Å². The summed E-state index contributed by atoms with van der Waals surface area (Å²) in [6.45, 7) is 6.30. The van der Waals surface area contributed by atoms with Gasteiger partial charge in [-0.2, -0.15) is 0 Å². The third kappa shape index (κ3) is 1.27. The molecule has 2 heteroatoms. The number of benzene rings is 1. The van der Waals surface area contributed by atoms with E-state index in [1.807, 2.05) is 0 Å². The molecule has 2 fully saturated rings. The van der Waals surface area contributed by atoms with Crippen molar-refractivity contribution in [1.82, 2.24) is 0 Å². The fourth-order valence-electron chi connectivity index (χ4n) is 5.41. The molecule has 4 rings (SSSR count). The number of hydrogen-bond donors (Lipinski definition) is 1. The van der Waals surface area contributed by atoms with Crippen LogP contribution in [0.5, 0.6) is 0 Å². The highest BCUT2D eigenvalue weighted by atomic mass is 16.4. The first-order chi connectivity index (χ1) is 9.54. The molecule has 2 nitrogen and oxygen atoms in total. The lowest BCUT2D eigenvalue weighted by Gasteiger charge is -2.38. The number of rotatable bonds is 1. The van der Waals surface area contributed by atoms with Crippen LogP contribution in [-0.4, -0.2) is 11.1 Å². The number of hydrogen-bond acceptors (Lipinski definition) is 1. The van der Waals surface area contributed by atoms with E-state index in [0.717, 1.165) is 30.4 Å². The van der Waals surface area contributed by atoms with Gasteiger partial charge >= 0.3 is 5.97 Å². The lowest BCUT2D eigenvalue weighted by Crippen LogP contribution is -2.34. The second-order valence-electron chi connectivity index (χ2n) is 6.95. The van der Waals surface area contributed by atoms with Gasteiger partial charge in [0, 0.05) is 0 Å². The van der Waals surface area contributed by atoms with Gasteiger partial charge in [-0.15, -0.1) is 0 Å². The topological polar surface area (TPSA) is 37.3 Å². The second kappa shape index (κ2) is 3.75. The van der Waals surface area contributed by atoms with Crippen molar-refractivity contribution in [2.75, 3.05) is 0 Å². The van der Waals surface area contributed by atoms with Gasteiger partial charge in [0.25, 0.3) is 0 Å². The maximum atomic E-state index is 12.0. The highest BCUT2D eigenvalue weighted by molar-refractivity contribution is 5.81. The summed E-state index contributed by atoms with van der Waals surface area (Å²) in [5, 5.41) is 9.89. The predicted molar refractivity (Wildman–Crippen MR) is 77.8 cm³/mol. The lowest BCUT2D eigenvalue weighted by molar-refractivity contribution is -0.142. The summed E-state index contributed by atoms with van der Waals surface area (Å²) in [5.74, 6) is 0.0147. The number of allylic oxidation sites excluding steroid dienone is 1. The first-order valence-corrected chi connectivity index (χ1v) is 7.54. The highest BCUT2D eigenvalue weighted by Gasteiger charge is 2.61. The Labute approximate surface area is 119 Å². The first-order valence-electron chi connectivity index (χ1n) is 7.54. The summed E-state index contributed by atoms with van der Waals surface area (Å²) in [6, 6.07) is 6.31. The van der Waals surface area contributed by atoms with Crippen molar-refractivity contribution in [1.29, 1.82) is 0 Å². The van der Waals surface area contributed by atoms with Crippen molar-refractivity contribution in [3.63, 3.8) is 0 Å². The SMILES string of the molecule is C=C1CC23CC1CCC2c1cccc(C)c1C3C(=O)O. The Bertz CT molecular complexity index is 630. The molecule has 1 aromatic rings. The summed E-state index contributed by atoms with van der Waals surface area (Å²) in [5.41, 5.74) is 4.78. The molecule has 0 aliphatic heterocycles. The Hall–Kier alpha value is -1.57. The molecule has 0 amide bonds. The number of carbonyl (C=O) groups is 1. The second-order valence-corrected chi connectivity index (χ2v) is 6.95. The molecule has 20 heavy (non-hydrogen) atoms. The molecule has 1 spiro atoms. The van der Waals surface area contributed by atoms with Gasteiger partial charge < -0.3 is 5.11 Å². The van der Waals surface area contributed by atoms with E-state index in [0.29, 0.717) is 11.8 Å². The van der Waals surface area contributed by atoms with Gasteiger partial charge in [-0.3, -0.25) is 4.79 Å². The molecule has 2 saturated carbocycles. The van der Waals surface area contributed by atoms with E-state index in [1.165, 1.54) is 17.6 Å². The number of aryl methyl sites for hydroxylation is 1. The highest BCUT2D eigenvalue weighted by Crippen LogP contribution is 2.70. The van der Waals surface area contributed by atoms with Crippen LogP contribution in [0.2, 0.25) is 0 Å². The van der Waals surface area contributed by atoms with Crippen LogP contribution in [0.3, 0.4) is 0 Å².